The molecule has 0 aromatic carbocycles. The molecule has 5 nitrogen and oxygen atoms in total. The molecular formula is C6H8N2O3. The summed E-state index contributed by atoms with van der Waals surface area (Å²) < 4.78 is 0. The van der Waals surface area contributed by atoms with Crippen molar-refractivity contribution >= 4 is 6.29 Å². The lowest BCUT2D eigenvalue weighted by atomic mass is 10.4. The molecule has 0 bridgehead atoms. The summed E-state index contributed by atoms with van der Waals surface area (Å²) in [6, 6.07) is 0. The maximum absolute atomic E-state index is 9.98. The van der Waals surface area contributed by atoms with Crippen LogP contribution in [-0.2, 0) is 4.79 Å². The number of aldehydes is 1. The van der Waals surface area contributed by atoms with Gasteiger partial charge < -0.3 is 5.32 Å². The molecule has 0 fully saturated rings. The minimum Gasteiger partial charge on any atom is -0.394 e. The van der Waals surface area contributed by atoms with E-state index in [2.05, 4.69) is 5.32 Å². The summed E-state index contributed by atoms with van der Waals surface area (Å²) in [4.78, 5) is 19.2. The first-order valence-electron chi connectivity index (χ1n) is 2.86. The molecule has 5 heteroatoms. The van der Waals surface area contributed by atoms with Crippen molar-refractivity contribution in [3.63, 3.8) is 0 Å². The first-order chi connectivity index (χ1) is 5.22. The Labute approximate surface area is 63.5 Å². The van der Waals surface area contributed by atoms with Gasteiger partial charge in [0.2, 0.25) is 6.29 Å². The highest BCUT2D eigenvalue weighted by Gasteiger charge is 2.04. The fourth-order valence-corrected chi connectivity index (χ4v) is 0.386. The van der Waals surface area contributed by atoms with Gasteiger partial charge in [-0.2, -0.15) is 0 Å². The van der Waals surface area contributed by atoms with Crippen LogP contribution in [0, 0.1) is 10.1 Å². The fraction of sp³-hybridized carbons (Fsp3) is 0.167. The van der Waals surface area contributed by atoms with Gasteiger partial charge in [0.05, 0.1) is 4.92 Å². The summed E-state index contributed by atoms with van der Waals surface area (Å²) >= 11 is 0. The van der Waals surface area contributed by atoms with Crippen LogP contribution < -0.4 is 5.32 Å². The van der Waals surface area contributed by atoms with Crippen molar-refractivity contribution in [2.24, 2.45) is 0 Å². The lowest BCUT2D eigenvalue weighted by Crippen LogP contribution is -1.99. The molecule has 0 aliphatic carbocycles. The van der Waals surface area contributed by atoms with Crippen LogP contribution in [0.5, 0.6) is 0 Å². The van der Waals surface area contributed by atoms with Gasteiger partial charge in [-0.1, -0.05) is 0 Å². The summed E-state index contributed by atoms with van der Waals surface area (Å²) in [6.45, 7) is 0. The number of carbonyl (C=O) groups excluding carboxylic acids is 1. The minimum atomic E-state index is -0.743. The second kappa shape index (κ2) is 5.16. The molecule has 0 spiro atoms. The third-order valence-corrected chi connectivity index (χ3v) is 0.861. The van der Waals surface area contributed by atoms with Crippen LogP contribution in [0.2, 0.25) is 0 Å². The van der Waals surface area contributed by atoms with Gasteiger partial charge >= 0.3 is 5.70 Å². The summed E-state index contributed by atoms with van der Waals surface area (Å²) in [7, 11) is 1.65. The Hall–Kier alpha value is -1.65. The van der Waals surface area contributed by atoms with Crippen molar-refractivity contribution in [3.05, 3.63) is 34.2 Å². The molecule has 1 N–H and O–H groups in total. The van der Waals surface area contributed by atoms with Gasteiger partial charge in [-0.05, 0) is 12.3 Å². The molecule has 0 aliphatic rings. The van der Waals surface area contributed by atoms with E-state index < -0.39 is 10.6 Å². The van der Waals surface area contributed by atoms with Gasteiger partial charge in [-0.25, -0.2) is 0 Å². The maximum atomic E-state index is 9.98. The lowest BCUT2D eigenvalue weighted by Gasteiger charge is -1.84. The smallest absolute Gasteiger partial charge is 0.308 e. The van der Waals surface area contributed by atoms with E-state index in [1.807, 2.05) is 0 Å². The normalized spacial score (nSPS) is 11.5. The van der Waals surface area contributed by atoms with Gasteiger partial charge in [-0.3, -0.25) is 14.9 Å². The highest BCUT2D eigenvalue weighted by Crippen LogP contribution is 1.89. The van der Waals surface area contributed by atoms with Gasteiger partial charge in [0, 0.05) is 13.1 Å². The molecule has 0 atom stereocenters. The minimum absolute atomic E-state index is 0.194. The average Bonchev–Trinajstić information content (AvgIpc) is 1.97. The number of nitrogens with zero attached hydrogens (tertiary/aromatic N) is 1. The summed E-state index contributed by atoms with van der Waals surface area (Å²) in [6.07, 6.45) is 4.17. The first-order valence-corrected chi connectivity index (χ1v) is 2.86. The van der Waals surface area contributed by atoms with Crippen molar-refractivity contribution < 1.29 is 9.72 Å². The second-order valence-electron chi connectivity index (χ2n) is 1.61. The summed E-state index contributed by atoms with van der Waals surface area (Å²) in [5.41, 5.74) is -0.462. The predicted molar refractivity (Wildman–Crippen MR) is 39.3 cm³/mol. The van der Waals surface area contributed by atoms with Crippen molar-refractivity contribution in [2.45, 2.75) is 0 Å². The Morgan fingerprint density at radius 1 is 1.64 bits per heavy atom. The Bertz CT molecular complexity index is 208. The van der Waals surface area contributed by atoms with Crippen LogP contribution in [0.15, 0.2) is 24.0 Å². The zero-order valence-corrected chi connectivity index (χ0v) is 5.98. The van der Waals surface area contributed by atoms with Crippen LogP contribution in [0.3, 0.4) is 0 Å². The Kier molecular flexibility index (Phi) is 4.39. The number of nitrogens with one attached hydrogen (secondary N) is 1. The van der Waals surface area contributed by atoms with Crippen LogP contribution in [0.1, 0.15) is 0 Å². The van der Waals surface area contributed by atoms with Crippen LogP contribution in [-0.4, -0.2) is 18.3 Å². The SMILES string of the molecule is CN/C=C\C=C(/C=O)[N+](=O)[O-]. The molecular weight excluding hydrogens is 148 g/mol. The van der Waals surface area contributed by atoms with E-state index in [-0.39, 0.29) is 6.29 Å². The Balaban J connectivity index is 4.24. The molecule has 0 aromatic rings. The number of rotatable bonds is 4. The monoisotopic (exact) mass is 156 g/mol. The summed E-state index contributed by atoms with van der Waals surface area (Å²) in [5, 5.41) is 12.6. The summed E-state index contributed by atoms with van der Waals surface area (Å²) in [5.74, 6) is 0. The predicted octanol–water partition coefficient (Wildman–Crippen LogP) is 0.0790. The number of allylic oxidation sites excluding steroid dienone is 3. The molecule has 60 valence electrons. The number of hydrogen-bond acceptors (Lipinski definition) is 4. The lowest BCUT2D eigenvalue weighted by molar-refractivity contribution is -0.417. The van der Waals surface area contributed by atoms with E-state index in [0.29, 0.717) is 0 Å². The van der Waals surface area contributed by atoms with Crippen molar-refractivity contribution in [2.75, 3.05) is 7.05 Å². The largest absolute Gasteiger partial charge is 0.394 e. The zero-order valence-electron chi connectivity index (χ0n) is 5.98. The molecule has 0 rings (SSSR count). The van der Waals surface area contributed by atoms with Crippen molar-refractivity contribution in [1.29, 1.82) is 0 Å². The van der Waals surface area contributed by atoms with E-state index in [0.717, 1.165) is 6.08 Å². The Morgan fingerprint density at radius 2 is 2.27 bits per heavy atom. The van der Waals surface area contributed by atoms with Gasteiger partial charge in [-0.15, -0.1) is 0 Å². The molecule has 0 aliphatic heterocycles. The fourth-order valence-electron chi connectivity index (χ4n) is 0.386. The molecule has 0 radical (unpaired) electrons. The zero-order chi connectivity index (χ0) is 8.69. The second-order valence-corrected chi connectivity index (χ2v) is 1.61. The van der Waals surface area contributed by atoms with E-state index in [4.69, 9.17) is 0 Å². The third kappa shape index (κ3) is 3.85. The van der Waals surface area contributed by atoms with E-state index in [1.165, 1.54) is 12.3 Å². The standard InChI is InChI=1S/C6H8N2O3/c1-7-4-2-3-6(5-9)8(10)11/h2-5,7H,1H3/b4-2-,6-3+. The molecule has 11 heavy (non-hydrogen) atoms. The van der Waals surface area contributed by atoms with E-state index >= 15 is 0 Å². The highest BCUT2D eigenvalue weighted by molar-refractivity contribution is 5.70. The van der Waals surface area contributed by atoms with Crippen LogP contribution >= 0.6 is 0 Å². The van der Waals surface area contributed by atoms with E-state index in [1.54, 1.807) is 7.05 Å². The Morgan fingerprint density at radius 3 is 2.64 bits per heavy atom. The molecule has 0 amide bonds. The van der Waals surface area contributed by atoms with Crippen LogP contribution in [0.25, 0.3) is 0 Å². The molecule has 0 saturated carbocycles. The number of hydrogen-bond donors (Lipinski definition) is 1. The van der Waals surface area contributed by atoms with Crippen molar-refractivity contribution in [1.82, 2.24) is 5.32 Å². The van der Waals surface area contributed by atoms with Gasteiger partial charge in [0.1, 0.15) is 0 Å². The molecule has 0 heterocycles. The van der Waals surface area contributed by atoms with Gasteiger partial charge in [0.25, 0.3) is 0 Å². The third-order valence-electron chi connectivity index (χ3n) is 0.861. The van der Waals surface area contributed by atoms with Crippen LogP contribution in [0.4, 0.5) is 0 Å². The average molecular weight is 156 g/mol. The molecule has 0 saturated heterocycles. The molecule has 0 aromatic heterocycles. The molecule has 0 unspecified atom stereocenters. The van der Waals surface area contributed by atoms with Crippen molar-refractivity contribution in [3.8, 4) is 0 Å². The number of carbonyl (C=O) groups is 1. The maximum Gasteiger partial charge on any atom is 0.308 e. The topological polar surface area (TPSA) is 72.2 Å². The number of nitro groups is 1. The quantitative estimate of drug-likeness (QED) is 0.206. The highest BCUT2D eigenvalue weighted by atomic mass is 16.6. The van der Waals surface area contributed by atoms with Gasteiger partial charge in [0.15, 0.2) is 0 Å². The first kappa shape index (κ1) is 9.35. The van der Waals surface area contributed by atoms with E-state index in [9.17, 15) is 14.9 Å².